The van der Waals surface area contributed by atoms with E-state index in [-0.39, 0.29) is 10.8 Å². The van der Waals surface area contributed by atoms with Crippen molar-refractivity contribution in [2.24, 2.45) is 5.41 Å². The molecule has 0 N–H and O–H groups in total. The van der Waals surface area contributed by atoms with Crippen molar-refractivity contribution < 1.29 is 0 Å². The second kappa shape index (κ2) is 6.46. The predicted molar refractivity (Wildman–Crippen MR) is 127 cm³/mol. The smallest absolute Gasteiger partial charge is 0.262 e. The molecule has 2 aromatic rings. The number of rotatable bonds is 4. The second-order valence-electron chi connectivity index (χ2n) is 8.03. The van der Waals surface area contributed by atoms with E-state index in [0.717, 1.165) is 15.5 Å². The maximum Gasteiger partial charge on any atom is 0.262 e. The lowest BCUT2D eigenvalue weighted by molar-refractivity contribution is 0.0155. The highest BCUT2D eigenvalue weighted by atomic mass is 127. The average Bonchev–Trinajstić information content (AvgIpc) is 3.32. The van der Waals surface area contributed by atoms with E-state index in [2.05, 4.69) is 116 Å². The van der Waals surface area contributed by atoms with Crippen LogP contribution in [0.1, 0.15) is 39.2 Å². The highest BCUT2D eigenvalue weighted by molar-refractivity contribution is 14.1. The van der Waals surface area contributed by atoms with Crippen LogP contribution in [-0.2, 0) is 5.41 Å². The first-order chi connectivity index (χ1) is 12.9. The molecule has 2 nitrogen and oxygen atoms in total. The summed E-state index contributed by atoms with van der Waals surface area (Å²) in [6.07, 6.45) is 9.39. The van der Waals surface area contributed by atoms with Crippen LogP contribution in [0.4, 0.5) is 5.69 Å². The SMILES string of the molecule is C=CC1(CC)c2ccc(-c3cccs3)cc2[N+]2(I)C=CN(C)[C@H]2[C@]1(C)CC. The largest absolute Gasteiger partial charge is 0.325 e. The van der Waals surface area contributed by atoms with Gasteiger partial charge in [0.2, 0.25) is 0 Å². The van der Waals surface area contributed by atoms with Crippen molar-refractivity contribution >= 4 is 39.9 Å². The van der Waals surface area contributed by atoms with Crippen LogP contribution in [0.5, 0.6) is 0 Å². The van der Waals surface area contributed by atoms with Gasteiger partial charge in [0.05, 0.1) is 11.6 Å². The highest BCUT2D eigenvalue weighted by Gasteiger charge is 2.66. The summed E-state index contributed by atoms with van der Waals surface area (Å²) in [5, 5.41) is 2.16. The van der Waals surface area contributed by atoms with Crippen LogP contribution >= 0.6 is 34.2 Å². The Morgan fingerprint density at radius 1 is 1.30 bits per heavy atom. The molecular formula is C23H28IN2S+. The van der Waals surface area contributed by atoms with Gasteiger partial charge in [0.25, 0.3) is 22.9 Å². The molecule has 1 aromatic carbocycles. The van der Waals surface area contributed by atoms with Crippen molar-refractivity contribution in [2.75, 3.05) is 7.05 Å². The average molecular weight is 491 g/mol. The van der Waals surface area contributed by atoms with E-state index in [0.29, 0.717) is 6.17 Å². The zero-order valence-electron chi connectivity index (χ0n) is 16.6. The molecule has 1 aromatic heterocycles. The minimum Gasteiger partial charge on any atom is -0.325 e. The number of benzene rings is 1. The molecule has 3 heterocycles. The Bertz CT molecular complexity index is 905. The summed E-state index contributed by atoms with van der Waals surface area (Å²) < 4.78 is 0.808. The van der Waals surface area contributed by atoms with E-state index in [1.807, 2.05) is 11.3 Å². The summed E-state index contributed by atoms with van der Waals surface area (Å²) in [4.78, 5) is 3.75. The van der Waals surface area contributed by atoms with Gasteiger partial charge in [-0.25, -0.2) is 0 Å². The first-order valence-electron chi connectivity index (χ1n) is 9.70. The van der Waals surface area contributed by atoms with Crippen molar-refractivity contribution in [3.05, 3.63) is 66.3 Å². The molecular weight excluding hydrogens is 463 g/mol. The lowest BCUT2D eigenvalue weighted by Gasteiger charge is -2.58. The summed E-state index contributed by atoms with van der Waals surface area (Å²) in [5.74, 6) is 0. The number of fused-ring (bicyclic) bond motifs is 3. The van der Waals surface area contributed by atoms with Gasteiger partial charge in [-0.05, 0) is 29.9 Å². The third-order valence-corrected chi connectivity index (χ3v) is 9.43. The third kappa shape index (κ3) is 2.33. The van der Waals surface area contributed by atoms with Crippen LogP contribution in [0.15, 0.2) is 60.8 Å². The second-order valence-corrected chi connectivity index (χ2v) is 10.6. The molecule has 27 heavy (non-hydrogen) atoms. The first-order valence-corrected chi connectivity index (χ1v) is 11.5. The number of thiophene rings is 1. The Morgan fingerprint density at radius 3 is 2.67 bits per heavy atom. The molecule has 4 heteroatoms. The van der Waals surface area contributed by atoms with Gasteiger partial charge in [0, 0.05) is 29.0 Å². The van der Waals surface area contributed by atoms with Gasteiger partial charge in [-0.2, -0.15) is 2.70 Å². The summed E-state index contributed by atoms with van der Waals surface area (Å²) in [5.41, 5.74) is 4.20. The zero-order valence-corrected chi connectivity index (χ0v) is 19.5. The molecule has 0 saturated carbocycles. The molecule has 0 radical (unpaired) electrons. The van der Waals surface area contributed by atoms with Gasteiger partial charge in [-0.1, -0.05) is 45.0 Å². The van der Waals surface area contributed by atoms with Crippen molar-refractivity contribution in [1.29, 1.82) is 0 Å². The van der Waals surface area contributed by atoms with Gasteiger partial charge in [0.1, 0.15) is 6.20 Å². The van der Waals surface area contributed by atoms with Gasteiger partial charge in [-0.15, -0.1) is 17.9 Å². The minimum absolute atomic E-state index is 0.0388. The molecule has 0 fully saturated rings. The maximum atomic E-state index is 4.36. The van der Waals surface area contributed by atoms with E-state index in [4.69, 9.17) is 0 Å². The van der Waals surface area contributed by atoms with Crippen LogP contribution in [-0.4, -0.2) is 18.1 Å². The van der Waals surface area contributed by atoms with E-state index >= 15 is 0 Å². The van der Waals surface area contributed by atoms with E-state index in [1.54, 1.807) is 0 Å². The summed E-state index contributed by atoms with van der Waals surface area (Å²) in [6, 6.07) is 11.5. The summed E-state index contributed by atoms with van der Waals surface area (Å²) >= 11 is 4.47. The number of quaternary nitrogens is 1. The highest BCUT2D eigenvalue weighted by Crippen LogP contribution is 2.63. The predicted octanol–water partition coefficient (Wildman–Crippen LogP) is 7.08. The Kier molecular flexibility index (Phi) is 4.60. The molecule has 4 atom stereocenters. The van der Waals surface area contributed by atoms with Crippen LogP contribution in [0.2, 0.25) is 0 Å². The van der Waals surface area contributed by atoms with Crippen LogP contribution < -0.4 is 2.70 Å². The molecule has 0 bridgehead atoms. The molecule has 0 spiro atoms. The Labute approximate surface area is 181 Å². The lowest BCUT2D eigenvalue weighted by atomic mass is 9.54. The van der Waals surface area contributed by atoms with Crippen LogP contribution in [0.25, 0.3) is 10.4 Å². The van der Waals surface area contributed by atoms with E-state index < -0.39 is 0 Å². The fourth-order valence-electron chi connectivity index (χ4n) is 5.61. The first kappa shape index (κ1) is 19.2. The maximum absolute atomic E-state index is 4.36. The van der Waals surface area contributed by atoms with Gasteiger partial charge in [0.15, 0.2) is 11.9 Å². The minimum atomic E-state index is -0.0388. The normalized spacial score (nSPS) is 34.4. The molecule has 0 saturated heterocycles. The zero-order chi connectivity index (χ0) is 19.4. The van der Waals surface area contributed by atoms with Crippen LogP contribution in [0, 0.1) is 5.41 Å². The monoisotopic (exact) mass is 491 g/mol. The van der Waals surface area contributed by atoms with Crippen molar-refractivity contribution in [3.63, 3.8) is 0 Å². The van der Waals surface area contributed by atoms with Crippen molar-refractivity contribution in [2.45, 2.75) is 45.2 Å². The quantitative estimate of drug-likeness (QED) is 0.251. The Hall–Kier alpha value is -1.11. The third-order valence-electron chi connectivity index (χ3n) is 7.14. The molecule has 2 unspecified atom stereocenters. The lowest BCUT2D eigenvalue weighted by Crippen LogP contribution is -2.66. The van der Waals surface area contributed by atoms with Gasteiger partial charge in [-0.3, -0.25) is 0 Å². The molecule has 0 aliphatic carbocycles. The van der Waals surface area contributed by atoms with Crippen molar-refractivity contribution in [1.82, 2.24) is 7.60 Å². The number of hydrogen-bond donors (Lipinski definition) is 0. The fraction of sp³-hybridized carbons (Fsp3) is 0.391. The number of hydrogen-bond acceptors (Lipinski definition) is 2. The Morgan fingerprint density at radius 2 is 2.07 bits per heavy atom. The molecule has 0 amide bonds. The van der Waals surface area contributed by atoms with Crippen LogP contribution in [0.3, 0.4) is 0 Å². The fourth-order valence-corrected chi connectivity index (χ4v) is 7.89. The molecule has 2 aliphatic rings. The van der Waals surface area contributed by atoms with Crippen molar-refractivity contribution in [3.8, 4) is 10.4 Å². The van der Waals surface area contributed by atoms with Gasteiger partial charge < -0.3 is 4.90 Å². The molecule has 142 valence electrons. The summed E-state index contributed by atoms with van der Waals surface area (Å²) in [7, 11) is 2.23. The Balaban J connectivity index is 2.06. The van der Waals surface area contributed by atoms with E-state index in [9.17, 15) is 0 Å². The summed E-state index contributed by atoms with van der Waals surface area (Å²) in [6.45, 7) is 11.5. The number of nitrogens with zero attached hydrogens (tertiary/aromatic N) is 2. The molecule has 4 rings (SSSR count). The van der Waals surface area contributed by atoms with Gasteiger partial charge >= 0.3 is 0 Å². The topological polar surface area (TPSA) is 3.24 Å². The number of allylic oxidation sites excluding steroid dienone is 1. The standard InChI is InChI=1S/C23H28IN2S/c1-6-22(4)21-25(5)13-14-26(21,24)19-16-17(20-10-9-15-27-20)11-12-18(19)23(22,7-2)8-3/h7,9-16,21H,2,6,8H2,1,3-5H3/q+1/t21-,22+,23?,26?/m1/s1. The number of halogens is 1. The molecule has 2 aliphatic heterocycles. The van der Waals surface area contributed by atoms with E-state index in [1.165, 1.54) is 21.7 Å².